The molecule has 1 aliphatic rings. The molecule has 4 heteroatoms. The van der Waals surface area contributed by atoms with Gasteiger partial charge in [-0.1, -0.05) is 39.3 Å². The summed E-state index contributed by atoms with van der Waals surface area (Å²) < 4.78 is 0. The molecule has 4 nitrogen and oxygen atoms in total. The van der Waals surface area contributed by atoms with Gasteiger partial charge in [0.15, 0.2) is 0 Å². The molecule has 18 heavy (non-hydrogen) atoms. The van der Waals surface area contributed by atoms with Gasteiger partial charge in [0.2, 0.25) is 11.8 Å². The molecule has 1 saturated heterocycles. The van der Waals surface area contributed by atoms with Gasteiger partial charge < -0.3 is 10.2 Å². The number of piperazine rings is 1. The lowest BCUT2D eigenvalue weighted by molar-refractivity contribution is -0.150. The van der Waals surface area contributed by atoms with E-state index in [1.165, 1.54) is 0 Å². The fourth-order valence-corrected chi connectivity index (χ4v) is 2.29. The summed E-state index contributed by atoms with van der Waals surface area (Å²) in [5.41, 5.74) is 0. The summed E-state index contributed by atoms with van der Waals surface area (Å²) in [6.07, 6.45) is 5.37. The molecule has 0 aromatic heterocycles. The predicted octanol–water partition coefficient (Wildman–Crippen LogP) is 1.71. The SMILES string of the molecule is C/C=C/CN1C(=O)C(CC)NC(=O)C1C(C)CC. The van der Waals surface area contributed by atoms with Crippen molar-refractivity contribution in [3.8, 4) is 0 Å². The van der Waals surface area contributed by atoms with E-state index in [9.17, 15) is 9.59 Å². The van der Waals surface area contributed by atoms with Crippen molar-refractivity contribution < 1.29 is 9.59 Å². The van der Waals surface area contributed by atoms with Crippen molar-refractivity contribution in [1.29, 1.82) is 0 Å². The summed E-state index contributed by atoms with van der Waals surface area (Å²) in [6, 6.07) is -0.690. The lowest BCUT2D eigenvalue weighted by Crippen LogP contribution is -2.64. The highest BCUT2D eigenvalue weighted by molar-refractivity contribution is 5.97. The Balaban J connectivity index is 2.97. The van der Waals surface area contributed by atoms with Crippen LogP contribution in [-0.4, -0.2) is 35.3 Å². The van der Waals surface area contributed by atoms with Gasteiger partial charge in [0.1, 0.15) is 12.1 Å². The average molecular weight is 252 g/mol. The van der Waals surface area contributed by atoms with Crippen LogP contribution in [0.5, 0.6) is 0 Å². The van der Waals surface area contributed by atoms with Crippen LogP contribution in [-0.2, 0) is 9.59 Å². The molecule has 0 radical (unpaired) electrons. The first-order chi connectivity index (χ1) is 8.56. The third-order valence-corrected chi connectivity index (χ3v) is 3.63. The van der Waals surface area contributed by atoms with Gasteiger partial charge in [0.05, 0.1) is 0 Å². The summed E-state index contributed by atoms with van der Waals surface area (Å²) in [5.74, 6) is 0.206. The lowest BCUT2D eigenvalue weighted by atomic mass is 9.93. The van der Waals surface area contributed by atoms with Gasteiger partial charge in [-0.15, -0.1) is 0 Å². The highest BCUT2D eigenvalue weighted by Crippen LogP contribution is 2.20. The van der Waals surface area contributed by atoms with E-state index in [-0.39, 0.29) is 29.8 Å². The van der Waals surface area contributed by atoms with Gasteiger partial charge in [-0.3, -0.25) is 9.59 Å². The predicted molar refractivity (Wildman–Crippen MR) is 72.0 cm³/mol. The minimum atomic E-state index is -0.358. The molecule has 3 unspecified atom stereocenters. The number of rotatable bonds is 5. The molecule has 1 aliphatic heterocycles. The Kier molecular flexibility index (Phi) is 5.38. The molecule has 0 aliphatic carbocycles. The molecule has 1 fully saturated rings. The Morgan fingerprint density at radius 1 is 1.39 bits per heavy atom. The largest absolute Gasteiger partial charge is 0.343 e. The normalized spacial score (nSPS) is 26.6. The van der Waals surface area contributed by atoms with Crippen molar-refractivity contribution in [3.63, 3.8) is 0 Å². The average Bonchev–Trinajstić information content (AvgIpc) is 2.38. The molecule has 0 aromatic carbocycles. The topological polar surface area (TPSA) is 49.4 Å². The van der Waals surface area contributed by atoms with E-state index in [1.807, 2.05) is 39.8 Å². The standard InChI is InChI=1S/C14H24N2O2/c1-5-8-9-16-12(10(4)6-2)13(17)15-11(7-3)14(16)18/h5,8,10-12H,6-7,9H2,1-4H3,(H,15,17)/b8-5+. The van der Waals surface area contributed by atoms with Crippen molar-refractivity contribution in [2.24, 2.45) is 5.92 Å². The fourth-order valence-electron chi connectivity index (χ4n) is 2.29. The van der Waals surface area contributed by atoms with Crippen LogP contribution in [0.2, 0.25) is 0 Å². The molecule has 0 spiro atoms. The van der Waals surface area contributed by atoms with E-state index in [2.05, 4.69) is 5.32 Å². The van der Waals surface area contributed by atoms with Crippen molar-refractivity contribution in [3.05, 3.63) is 12.2 Å². The van der Waals surface area contributed by atoms with E-state index in [0.717, 1.165) is 6.42 Å². The Bertz CT molecular complexity index is 339. The molecule has 1 N–H and O–H groups in total. The summed E-state index contributed by atoms with van der Waals surface area (Å²) >= 11 is 0. The summed E-state index contributed by atoms with van der Waals surface area (Å²) in [5, 5.41) is 2.83. The number of hydrogen-bond acceptors (Lipinski definition) is 2. The molecule has 102 valence electrons. The second kappa shape index (κ2) is 6.57. The Morgan fingerprint density at radius 3 is 2.56 bits per heavy atom. The van der Waals surface area contributed by atoms with Crippen LogP contribution in [0.15, 0.2) is 12.2 Å². The van der Waals surface area contributed by atoms with Gasteiger partial charge in [-0.05, 0) is 19.3 Å². The first-order valence-corrected chi connectivity index (χ1v) is 6.78. The van der Waals surface area contributed by atoms with Crippen LogP contribution in [0.25, 0.3) is 0 Å². The monoisotopic (exact) mass is 252 g/mol. The number of nitrogens with zero attached hydrogens (tertiary/aromatic N) is 1. The third-order valence-electron chi connectivity index (χ3n) is 3.63. The zero-order valence-corrected chi connectivity index (χ0v) is 11.8. The van der Waals surface area contributed by atoms with Crippen LogP contribution < -0.4 is 5.32 Å². The van der Waals surface area contributed by atoms with Crippen molar-refractivity contribution >= 4 is 11.8 Å². The van der Waals surface area contributed by atoms with E-state index in [4.69, 9.17) is 0 Å². The number of carbonyl (C=O) groups is 2. The number of hydrogen-bond donors (Lipinski definition) is 1. The molecule has 1 rings (SSSR count). The van der Waals surface area contributed by atoms with E-state index >= 15 is 0 Å². The first-order valence-electron chi connectivity index (χ1n) is 6.78. The Labute approximate surface area is 109 Å². The van der Waals surface area contributed by atoms with Crippen LogP contribution in [0.4, 0.5) is 0 Å². The van der Waals surface area contributed by atoms with Gasteiger partial charge in [-0.25, -0.2) is 0 Å². The smallest absolute Gasteiger partial charge is 0.246 e. The van der Waals surface area contributed by atoms with Crippen LogP contribution in [0, 0.1) is 5.92 Å². The number of amides is 2. The minimum absolute atomic E-state index is 0.0136. The highest BCUT2D eigenvalue weighted by atomic mass is 16.2. The molecule has 2 amide bonds. The van der Waals surface area contributed by atoms with Gasteiger partial charge >= 0.3 is 0 Å². The molecular formula is C14H24N2O2. The fraction of sp³-hybridized carbons (Fsp3) is 0.714. The molecule has 0 bridgehead atoms. The van der Waals surface area contributed by atoms with E-state index in [0.29, 0.717) is 13.0 Å². The van der Waals surface area contributed by atoms with E-state index < -0.39 is 0 Å². The lowest BCUT2D eigenvalue weighted by Gasteiger charge is -2.40. The maximum atomic E-state index is 12.3. The van der Waals surface area contributed by atoms with E-state index in [1.54, 1.807) is 4.90 Å². The number of carbonyl (C=O) groups excluding carboxylic acids is 2. The van der Waals surface area contributed by atoms with Gasteiger partial charge in [0, 0.05) is 6.54 Å². The minimum Gasteiger partial charge on any atom is -0.343 e. The summed E-state index contributed by atoms with van der Waals surface area (Å²) in [7, 11) is 0. The second-order valence-corrected chi connectivity index (χ2v) is 4.86. The summed E-state index contributed by atoms with van der Waals surface area (Å²) in [4.78, 5) is 26.2. The maximum absolute atomic E-state index is 12.3. The third kappa shape index (κ3) is 2.92. The quantitative estimate of drug-likeness (QED) is 0.757. The zero-order chi connectivity index (χ0) is 13.7. The summed E-state index contributed by atoms with van der Waals surface area (Å²) in [6.45, 7) is 8.42. The van der Waals surface area contributed by atoms with Crippen molar-refractivity contribution in [1.82, 2.24) is 10.2 Å². The van der Waals surface area contributed by atoms with Crippen molar-refractivity contribution in [2.45, 2.75) is 52.6 Å². The molecular weight excluding hydrogens is 228 g/mol. The van der Waals surface area contributed by atoms with Gasteiger partial charge in [0.25, 0.3) is 0 Å². The molecule has 3 atom stereocenters. The maximum Gasteiger partial charge on any atom is 0.246 e. The molecule has 0 saturated carbocycles. The molecule has 1 heterocycles. The van der Waals surface area contributed by atoms with Crippen LogP contribution >= 0.6 is 0 Å². The van der Waals surface area contributed by atoms with Gasteiger partial charge in [-0.2, -0.15) is 0 Å². The number of nitrogens with one attached hydrogen (secondary N) is 1. The molecule has 0 aromatic rings. The van der Waals surface area contributed by atoms with Crippen LogP contribution in [0.3, 0.4) is 0 Å². The highest BCUT2D eigenvalue weighted by Gasteiger charge is 2.41. The van der Waals surface area contributed by atoms with Crippen LogP contribution in [0.1, 0.15) is 40.5 Å². The zero-order valence-electron chi connectivity index (χ0n) is 11.8. The van der Waals surface area contributed by atoms with Crippen molar-refractivity contribution in [2.75, 3.05) is 6.54 Å². The second-order valence-electron chi connectivity index (χ2n) is 4.86. The Hall–Kier alpha value is -1.32. The first kappa shape index (κ1) is 14.7. The number of allylic oxidation sites excluding steroid dienone is 1. The Morgan fingerprint density at radius 2 is 2.06 bits per heavy atom.